The average molecular weight is 320 g/mol. The smallest absolute Gasteiger partial charge is 0.152 e. The highest BCUT2D eigenvalue weighted by Crippen LogP contribution is 2.30. The first-order chi connectivity index (χ1) is 10.2. The molecule has 0 aliphatic heterocycles. The zero-order valence-corrected chi connectivity index (χ0v) is 13.1. The van der Waals surface area contributed by atoms with Crippen LogP contribution in [0.15, 0.2) is 52.9 Å². The molecule has 0 fully saturated rings. The summed E-state index contributed by atoms with van der Waals surface area (Å²) in [6.07, 6.45) is 0.800. The van der Waals surface area contributed by atoms with E-state index in [0.717, 1.165) is 33.7 Å². The van der Waals surface area contributed by atoms with E-state index in [-0.39, 0.29) is 6.04 Å². The number of halogens is 2. The van der Waals surface area contributed by atoms with Crippen molar-refractivity contribution < 1.29 is 4.42 Å². The van der Waals surface area contributed by atoms with Crippen LogP contribution in [-0.4, -0.2) is 7.05 Å². The van der Waals surface area contributed by atoms with Crippen LogP contribution in [-0.2, 0) is 6.42 Å². The van der Waals surface area contributed by atoms with Crippen LogP contribution < -0.4 is 5.32 Å². The van der Waals surface area contributed by atoms with Crippen molar-refractivity contribution in [1.29, 1.82) is 0 Å². The van der Waals surface area contributed by atoms with Crippen molar-refractivity contribution >= 4 is 34.2 Å². The summed E-state index contributed by atoms with van der Waals surface area (Å²) >= 11 is 12.2. The highest BCUT2D eigenvalue weighted by Gasteiger charge is 2.16. The first-order valence-electron chi connectivity index (χ1n) is 6.77. The molecule has 1 N–H and O–H groups in total. The summed E-state index contributed by atoms with van der Waals surface area (Å²) in [5, 5.41) is 5.69. The third kappa shape index (κ3) is 3.08. The van der Waals surface area contributed by atoms with Crippen LogP contribution in [0.25, 0.3) is 11.0 Å². The van der Waals surface area contributed by atoms with E-state index in [9.17, 15) is 0 Å². The van der Waals surface area contributed by atoms with Gasteiger partial charge in [-0.3, -0.25) is 0 Å². The molecule has 0 saturated heterocycles. The van der Waals surface area contributed by atoms with Crippen molar-refractivity contribution in [1.82, 2.24) is 5.32 Å². The lowest BCUT2D eigenvalue weighted by Gasteiger charge is -2.13. The normalized spacial score (nSPS) is 12.7. The Morgan fingerprint density at radius 1 is 1.10 bits per heavy atom. The Hall–Kier alpha value is -1.48. The fourth-order valence-electron chi connectivity index (χ4n) is 2.46. The van der Waals surface area contributed by atoms with Gasteiger partial charge >= 0.3 is 0 Å². The highest BCUT2D eigenvalue weighted by molar-refractivity contribution is 6.34. The number of benzene rings is 2. The lowest BCUT2D eigenvalue weighted by Crippen LogP contribution is -2.18. The minimum Gasteiger partial charge on any atom is -0.458 e. The van der Waals surface area contributed by atoms with Gasteiger partial charge in [0.1, 0.15) is 5.76 Å². The third-order valence-corrected chi connectivity index (χ3v) is 4.07. The molecule has 1 atom stereocenters. The summed E-state index contributed by atoms with van der Waals surface area (Å²) in [4.78, 5) is 0. The molecule has 3 aromatic rings. The number of hydrogen-bond acceptors (Lipinski definition) is 2. The van der Waals surface area contributed by atoms with Crippen LogP contribution in [0.2, 0.25) is 10.0 Å². The molecule has 0 aliphatic carbocycles. The molecule has 0 bridgehead atoms. The van der Waals surface area contributed by atoms with E-state index in [1.54, 1.807) is 0 Å². The second-order valence-electron chi connectivity index (χ2n) is 4.98. The van der Waals surface area contributed by atoms with Crippen molar-refractivity contribution in [3.05, 3.63) is 69.9 Å². The third-order valence-electron chi connectivity index (χ3n) is 3.54. The quantitative estimate of drug-likeness (QED) is 0.711. The van der Waals surface area contributed by atoms with Crippen LogP contribution in [0, 0.1) is 0 Å². The number of fused-ring (bicyclic) bond motifs is 1. The number of furan rings is 1. The zero-order valence-electron chi connectivity index (χ0n) is 11.6. The van der Waals surface area contributed by atoms with Gasteiger partial charge in [0, 0.05) is 10.4 Å². The van der Waals surface area contributed by atoms with E-state index >= 15 is 0 Å². The molecule has 0 radical (unpaired) electrons. The molecule has 0 aliphatic rings. The second kappa shape index (κ2) is 6.10. The van der Waals surface area contributed by atoms with E-state index in [1.165, 1.54) is 0 Å². The van der Waals surface area contributed by atoms with E-state index < -0.39 is 0 Å². The van der Waals surface area contributed by atoms with Crippen LogP contribution in [0.5, 0.6) is 0 Å². The Balaban J connectivity index is 1.93. The second-order valence-corrected chi connectivity index (χ2v) is 5.83. The molecule has 0 spiro atoms. The van der Waals surface area contributed by atoms with E-state index in [2.05, 4.69) is 11.4 Å². The van der Waals surface area contributed by atoms with Gasteiger partial charge in [0.2, 0.25) is 0 Å². The van der Waals surface area contributed by atoms with Crippen molar-refractivity contribution in [2.75, 3.05) is 7.05 Å². The first-order valence-corrected chi connectivity index (χ1v) is 7.52. The predicted molar refractivity (Wildman–Crippen MR) is 88.2 cm³/mol. The van der Waals surface area contributed by atoms with E-state index in [4.69, 9.17) is 27.6 Å². The highest BCUT2D eigenvalue weighted by atomic mass is 35.5. The lowest BCUT2D eigenvalue weighted by molar-refractivity contribution is 0.451. The summed E-state index contributed by atoms with van der Waals surface area (Å²) in [6, 6.07) is 15.7. The standard InChI is InChI=1S/C17H15Cl2NO/c1-20-15(9-11-4-2-6-13(18)8-11)16-10-12-5-3-7-14(19)17(12)21-16/h2-8,10,15,20H,9H2,1H3. The van der Waals surface area contributed by atoms with Gasteiger partial charge in [0.25, 0.3) is 0 Å². The minimum atomic E-state index is 0.0759. The molecule has 0 amide bonds. The number of likely N-dealkylation sites (N-methyl/N-ethyl adjacent to an activating group) is 1. The largest absolute Gasteiger partial charge is 0.458 e. The maximum absolute atomic E-state index is 6.17. The van der Waals surface area contributed by atoms with Gasteiger partial charge in [0.05, 0.1) is 11.1 Å². The monoisotopic (exact) mass is 319 g/mol. The van der Waals surface area contributed by atoms with Gasteiger partial charge in [0.15, 0.2) is 5.58 Å². The molecule has 3 rings (SSSR count). The summed E-state index contributed by atoms with van der Waals surface area (Å²) in [5.74, 6) is 0.876. The number of para-hydroxylation sites is 1. The molecule has 108 valence electrons. The summed E-state index contributed by atoms with van der Waals surface area (Å²) in [6.45, 7) is 0. The van der Waals surface area contributed by atoms with E-state index in [1.807, 2.05) is 49.5 Å². The van der Waals surface area contributed by atoms with Crippen molar-refractivity contribution in [3.8, 4) is 0 Å². The Morgan fingerprint density at radius 2 is 1.90 bits per heavy atom. The number of rotatable bonds is 4. The lowest BCUT2D eigenvalue weighted by atomic mass is 10.0. The van der Waals surface area contributed by atoms with E-state index in [0.29, 0.717) is 5.02 Å². The predicted octanol–water partition coefficient (Wildman–Crippen LogP) is 5.24. The molecular weight excluding hydrogens is 305 g/mol. The summed E-state index contributed by atoms with van der Waals surface area (Å²) in [5.41, 5.74) is 1.90. The zero-order chi connectivity index (χ0) is 14.8. The molecular formula is C17H15Cl2NO. The van der Waals surface area contributed by atoms with Crippen LogP contribution >= 0.6 is 23.2 Å². The van der Waals surface area contributed by atoms with Crippen molar-refractivity contribution in [3.63, 3.8) is 0 Å². The molecule has 0 saturated carbocycles. The Kier molecular flexibility index (Phi) is 4.20. The fraction of sp³-hybridized carbons (Fsp3) is 0.176. The molecule has 2 nitrogen and oxygen atoms in total. The fourth-order valence-corrected chi connectivity index (χ4v) is 2.90. The Labute approximate surface area is 133 Å². The molecule has 1 heterocycles. The number of hydrogen-bond donors (Lipinski definition) is 1. The molecule has 21 heavy (non-hydrogen) atoms. The van der Waals surface area contributed by atoms with Gasteiger partial charge in [-0.2, -0.15) is 0 Å². The van der Waals surface area contributed by atoms with Gasteiger partial charge < -0.3 is 9.73 Å². The Bertz CT molecular complexity index is 766. The van der Waals surface area contributed by atoms with Crippen LogP contribution in [0.1, 0.15) is 17.4 Å². The Morgan fingerprint density at radius 3 is 2.62 bits per heavy atom. The van der Waals surface area contributed by atoms with Gasteiger partial charge in [-0.15, -0.1) is 0 Å². The molecule has 4 heteroatoms. The van der Waals surface area contributed by atoms with Crippen LogP contribution in [0.3, 0.4) is 0 Å². The SMILES string of the molecule is CNC(Cc1cccc(Cl)c1)c1cc2cccc(Cl)c2o1. The average Bonchev–Trinajstić information content (AvgIpc) is 2.90. The van der Waals surface area contributed by atoms with Crippen molar-refractivity contribution in [2.24, 2.45) is 0 Å². The number of nitrogens with one attached hydrogen (secondary N) is 1. The van der Waals surface area contributed by atoms with Crippen molar-refractivity contribution in [2.45, 2.75) is 12.5 Å². The van der Waals surface area contributed by atoms with Gasteiger partial charge in [-0.1, -0.05) is 47.5 Å². The molecule has 1 unspecified atom stereocenters. The topological polar surface area (TPSA) is 25.2 Å². The molecule has 2 aromatic carbocycles. The maximum Gasteiger partial charge on any atom is 0.152 e. The van der Waals surface area contributed by atoms with Crippen LogP contribution in [0.4, 0.5) is 0 Å². The maximum atomic E-state index is 6.17. The van der Waals surface area contributed by atoms with Gasteiger partial charge in [-0.25, -0.2) is 0 Å². The first kappa shape index (κ1) is 14.5. The van der Waals surface area contributed by atoms with Gasteiger partial charge in [-0.05, 0) is 43.3 Å². The minimum absolute atomic E-state index is 0.0759. The summed E-state index contributed by atoms with van der Waals surface area (Å²) in [7, 11) is 1.92. The molecule has 1 aromatic heterocycles. The summed E-state index contributed by atoms with van der Waals surface area (Å²) < 4.78 is 5.93.